The van der Waals surface area contributed by atoms with E-state index in [1.807, 2.05) is 6.07 Å². The van der Waals surface area contributed by atoms with Gasteiger partial charge in [0.05, 0.1) is 18.2 Å². The lowest BCUT2D eigenvalue weighted by molar-refractivity contribution is 0.0991. The molecule has 1 aliphatic heterocycles. The zero-order chi connectivity index (χ0) is 19.3. The van der Waals surface area contributed by atoms with Gasteiger partial charge in [-0.05, 0) is 62.3 Å². The number of hydrogen-bond donors (Lipinski definition) is 2. The topological polar surface area (TPSA) is 111 Å². The summed E-state index contributed by atoms with van der Waals surface area (Å²) in [6.07, 6.45) is 3.70. The van der Waals surface area contributed by atoms with Gasteiger partial charge < -0.3 is 4.42 Å². The Morgan fingerprint density at radius 3 is 2.71 bits per heavy atom. The number of nitrogens with one attached hydrogen (secondary N) is 2. The molecule has 1 amide bonds. The number of aromatic nitrogens is 3. The number of nitriles is 1. The largest absolute Gasteiger partial charge is 0.455 e. The van der Waals surface area contributed by atoms with Crippen LogP contribution < -0.4 is 5.32 Å². The molecule has 1 aliphatic rings. The quantitative estimate of drug-likeness (QED) is 0.707. The lowest BCUT2D eigenvalue weighted by atomic mass is 10.1. The molecule has 4 rings (SSSR count). The second kappa shape index (κ2) is 8.06. The molecule has 0 saturated carbocycles. The molecule has 2 N–H and O–H groups in total. The second-order valence-electron chi connectivity index (χ2n) is 6.75. The average Bonchev–Trinajstić information content (AvgIpc) is 3.39. The Morgan fingerprint density at radius 2 is 1.96 bits per heavy atom. The van der Waals surface area contributed by atoms with Crippen molar-refractivity contribution >= 4 is 11.9 Å². The van der Waals surface area contributed by atoms with Crippen molar-refractivity contribution < 1.29 is 9.21 Å². The molecule has 0 spiro atoms. The molecule has 0 radical (unpaired) electrons. The number of hydrogen-bond acceptors (Lipinski definition) is 6. The van der Waals surface area contributed by atoms with Gasteiger partial charge in [-0.15, -0.1) is 5.10 Å². The van der Waals surface area contributed by atoms with Crippen molar-refractivity contribution in [3.8, 4) is 17.5 Å². The third-order valence-electron chi connectivity index (χ3n) is 4.71. The molecule has 1 aromatic carbocycles. The van der Waals surface area contributed by atoms with Crippen LogP contribution in [0, 0.1) is 11.3 Å². The Kier molecular flexibility index (Phi) is 5.17. The summed E-state index contributed by atoms with van der Waals surface area (Å²) in [5, 5.41) is 18.3. The fraction of sp³-hybridized carbons (Fsp3) is 0.300. The second-order valence-corrected chi connectivity index (χ2v) is 6.75. The van der Waals surface area contributed by atoms with E-state index in [1.54, 1.807) is 30.3 Å². The Balaban J connectivity index is 1.38. The van der Waals surface area contributed by atoms with E-state index in [4.69, 9.17) is 9.68 Å². The summed E-state index contributed by atoms with van der Waals surface area (Å²) >= 11 is 0. The lowest BCUT2D eigenvalue weighted by Gasteiger charge is -2.25. The summed E-state index contributed by atoms with van der Waals surface area (Å²) in [6, 6.07) is 12.5. The van der Waals surface area contributed by atoms with Crippen LogP contribution in [-0.4, -0.2) is 39.1 Å². The van der Waals surface area contributed by atoms with Crippen molar-refractivity contribution in [2.75, 3.05) is 18.4 Å². The first-order chi connectivity index (χ1) is 13.7. The monoisotopic (exact) mass is 376 g/mol. The first kappa shape index (κ1) is 17.9. The van der Waals surface area contributed by atoms with E-state index in [2.05, 4.69) is 31.5 Å². The molecule has 8 heteroatoms. The Hall–Kier alpha value is -3.44. The number of piperidine rings is 1. The number of nitrogens with zero attached hydrogens (tertiary/aromatic N) is 4. The van der Waals surface area contributed by atoms with Crippen molar-refractivity contribution in [1.29, 1.82) is 5.26 Å². The molecule has 3 aromatic rings. The van der Waals surface area contributed by atoms with Crippen LogP contribution in [0.15, 0.2) is 40.8 Å². The maximum absolute atomic E-state index is 12.4. The van der Waals surface area contributed by atoms with Crippen LogP contribution in [-0.2, 0) is 6.54 Å². The van der Waals surface area contributed by atoms with Gasteiger partial charge in [-0.3, -0.25) is 20.1 Å². The van der Waals surface area contributed by atoms with Gasteiger partial charge in [0.1, 0.15) is 5.76 Å². The Bertz CT molecular complexity index is 992. The number of furan rings is 1. The predicted molar refractivity (Wildman–Crippen MR) is 102 cm³/mol. The normalized spacial score (nSPS) is 14.5. The van der Waals surface area contributed by atoms with Crippen molar-refractivity contribution in [3.63, 3.8) is 0 Å². The first-order valence-corrected chi connectivity index (χ1v) is 9.26. The number of anilines is 1. The summed E-state index contributed by atoms with van der Waals surface area (Å²) in [5.74, 6) is 1.29. The molecule has 142 valence electrons. The smallest absolute Gasteiger partial charge is 0.293 e. The summed E-state index contributed by atoms with van der Waals surface area (Å²) in [6.45, 7) is 2.85. The van der Waals surface area contributed by atoms with Crippen LogP contribution in [0.25, 0.3) is 11.4 Å². The maximum Gasteiger partial charge on any atom is 0.293 e. The number of H-pyrrole nitrogens is 1. The average molecular weight is 376 g/mol. The minimum atomic E-state index is -0.393. The minimum absolute atomic E-state index is 0.165. The Labute approximate surface area is 162 Å². The number of aromatic amines is 1. The summed E-state index contributed by atoms with van der Waals surface area (Å²) < 4.78 is 5.69. The third-order valence-corrected chi connectivity index (χ3v) is 4.71. The van der Waals surface area contributed by atoms with Crippen LogP contribution in [0.5, 0.6) is 0 Å². The number of rotatable bonds is 5. The van der Waals surface area contributed by atoms with Gasteiger partial charge in [-0.2, -0.15) is 10.2 Å². The van der Waals surface area contributed by atoms with E-state index in [9.17, 15) is 4.79 Å². The van der Waals surface area contributed by atoms with Crippen molar-refractivity contribution in [2.45, 2.75) is 25.8 Å². The third kappa shape index (κ3) is 4.10. The van der Waals surface area contributed by atoms with E-state index in [-0.39, 0.29) is 11.7 Å². The highest BCUT2D eigenvalue weighted by molar-refractivity contribution is 6.01. The van der Waals surface area contributed by atoms with Crippen molar-refractivity contribution in [3.05, 3.63) is 53.5 Å². The highest BCUT2D eigenvalue weighted by Gasteiger charge is 2.17. The molecule has 0 aliphatic carbocycles. The molecule has 0 bridgehead atoms. The zero-order valence-corrected chi connectivity index (χ0v) is 15.3. The molecule has 0 atom stereocenters. The number of benzene rings is 1. The van der Waals surface area contributed by atoms with E-state index in [0.29, 0.717) is 11.4 Å². The number of carbonyl (C=O) groups excluding carboxylic acids is 1. The van der Waals surface area contributed by atoms with Gasteiger partial charge in [0.15, 0.2) is 11.6 Å². The fourth-order valence-electron chi connectivity index (χ4n) is 3.24. The predicted octanol–water partition coefficient (Wildman–Crippen LogP) is 3.17. The van der Waals surface area contributed by atoms with Crippen LogP contribution in [0.4, 0.5) is 5.95 Å². The maximum atomic E-state index is 12.4. The van der Waals surface area contributed by atoms with Gasteiger partial charge in [0, 0.05) is 5.56 Å². The number of amides is 1. The van der Waals surface area contributed by atoms with Gasteiger partial charge in [-0.25, -0.2) is 0 Å². The number of likely N-dealkylation sites (tertiary alicyclic amines) is 1. The molecule has 2 aromatic heterocycles. The van der Waals surface area contributed by atoms with Gasteiger partial charge >= 0.3 is 0 Å². The standard InChI is InChI=1S/C20H20N6O2/c21-12-14-4-6-15(7-5-14)18-22-20(25-24-18)23-19(27)17-9-8-16(28-17)13-26-10-2-1-3-11-26/h4-9H,1-3,10-11,13H2,(H2,22,23,24,25,27). The minimum Gasteiger partial charge on any atom is -0.455 e. The van der Waals surface area contributed by atoms with Crippen LogP contribution in [0.3, 0.4) is 0 Å². The summed E-state index contributed by atoms with van der Waals surface area (Å²) in [5.41, 5.74) is 1.34. The van der Waals surface area contributed by atoms with E-state index >= 15 is 0 Å². The first-order valence-electron chi connectivity index (χ1n) is 9.26. The lowest BCUT2D eigenvalue weighted by Crippen LogP contribution is -2.28. The van der Waals surface area contributed by atoms with Gasteiger partial charge in [0.25, 0.3) is 5.91 Å². The molecule has 28 heavy (non-hydrogen) atoms. The highest BCUT2D eigenvalue weighted by Crippen LogP contribution is 2.18. The molecule has 1 saturated heterocycles. The fourth-order valence-corrected chi connectivity index (χ4v) is 3.24. The molecule has 0 unspecified atom stereocenters. The summed E-state index contributed by atoms with van der Waals surface area (Å²) in [7, 11) is 0. The SMILES string of the molecule is N#Cc1ccc(-c2nc(NC(=O)c3ccc(CN4CCCCC4)o3)n[nH]2)cc1. The Morgan fingerprint density at radius 1 is 1.18 bits per heavy atom. The molecular weight excluding hydrogens is 356 g/mol. The molecular formula is C20H20N6O2. The van der Waals surface area contributed by atoms with Crippen LogP contribution >= 0.6 is 0 Å². The molecule has 8 nitrogen and oxygen atoms in total. The zero-order valence-electron chi connectivity index (χ0n) is 15.3. The molecule has 3 heterocycles. The summed E-state index contributed by atoms with van der Waals surface area (Å²) in [4.78, 5) is 19.0. The van der Waals surface area contributed by atoms with Crippen LogP contribution in [0.2, 0.25) is 0 Å². The van der Waals surface area contributed by atoms with Gasteiger partial charge in [-0.1, -0.05) is 6.42 Å². The highest BCUT2D eigenvalue weighted by atomic mass is 16.4. The van der Waals surface area contributed by atoms with E-state index < -0.39 is 5.91 Å². The van der Waals surface area contributed by atoms with Crippen molar-refractivity contribution in [1.82, 2.24) is 20.1 Å². The van der Waals surface area contributed by atoms with Crippen LogP contribution in [0.1, 0.15) is 41.1 Å². The number of carbonyl (C=O) groups is 1. The van der Waals surface area contributed by atoms with Crippen molar-refractivity contribution in [2.24, 2.45) is 0 Å². The van der Waals surface area contributed by atoms with E-state index in [1.165, 1.54) is 19.3 Å². The van der Waals surface area contributed by atoms with Gasteiger partial charge in [0.2, 0.25) is 5.95 Å². The van der Waals surface area contributed by atoms with E-state index in [0.717, 1.165) is 31.0 Å². The molecule has 1 fully saturated rings.